The van der Waals surface area contributed by atoms with Gasteiger partial charge in [-0.15, -0.1) is 11.3 Å². The lowest BCUT2D eigenvalue weighted by Gasteiger charge is -2.18. The first-order chi connectivity index (χ1) is 24.5. The third-order valence-corrected chi connectivity index (χ3v) is 12.4. The highest BCUT2D eigenvalue weighted by Gasteiger charge is 2.19. The van der Waals surface area contributed by atoms with Gasteiger partial charge in [-0.3, -0.25) is 0 Å². The van der Waals surface area contributed by atoms with Crippen LogP contribution in [0.15, 0.2) is 161 Å². The second-order valence-electron chi connectivity index (χ2n) is 13.4. The number of thiophene rings is 1. The van der Waals surface area contributed by atoms with Crippen LogP contribution in [0.1, 0.15) is 43.0 Å². The molecule has 1 aliphatic rings. The first-order valence-corrected chi connectivity index (χ1v) is 18.9. The molecule has 1 aromatic heterocycles. The second kappa shape index (κ2) is 12.6. The summed E-state index contributed by atoms with van der Waals surface area (Å²) in [5.74, 6) is 0. The Morgan fingerprint density at radius 1 is 0.500 bits per heavy atom. The molecule has 0 nitrogen and oxygen atoms in total. The molecule has 0 unspecified atom stereocenters. The minimum Gasteiger partial charge on any atom is -0.135 e. The van der Waals surface area contributed by atoms with Crippen LogP contribution in [-0.4, -0.2) is 0 Å². The Morgan fingerprint density at radius 2 is 1.06 bits per heavy atom. The Labute approximate surface area is 301 Å². The SMILES string of the molecule is C/C(=C\C=C(/C)c1c2ccccc2c(/C(C)=C/C=C2\Cc3cc4cc5c(cc4cc3S2)sc2ccccc25)c2ccccc12)c1ccccc1. The third-order valence-electron chi connectivity index (χ3n) is 10.2. The zero-order valence-electron chi connectivity index (χ0n) is 28.5. The summed E-state index contributed by atoms with van der Waals surface area (Å²) in [5.41, 5.74) is 9.12. The normalized spacial score (nSPS) is 14.9. The van der Waals surface area contributed by atoms with Gasteiger partial charge < -0.3 is 0 Å². The number of fused-ring (bicyclic) bond motifs is 7. The van der Waals surface area contributed by atoms with E-state index in [9.17, 15) is 0 Å². The van der Waals surface area contributed by atoms with E-state index in [1.807, 2.05) is 23.1 Å². The van der Waals surface area contributed by atoms with Crippen molar-refractivity contribution in [2.45, 2.75) is 32.1 Å². The van der Waals surface area contributed by atoms with E-state index in [0.717, 1.165) is 6.42 Å². The molecule has 0 radical (unpaired) electrons. The number of hydrogen-bond acceptors (Lipinski definition) is 2. The van der Waals surface area contributed by atoms with Gasteiger partial charge >= 0.3 is 0 Å². The molecule has 1 aliphatic heterocycles. The van der Waals surface area contributed by atoms with E-state index in [2.05, 4.69) is 172 Å². The number of thioether (sulfide) groups is 1. The van der Waals surface area contributed by atoms with Gasteiger partial charge in [0.05, 0.1) is 0 Å². The van der Waals surface area contributed by atoms with E-state index in [1.165, 1.54) is 101 Å². The summed E-state index contributed by atoms with van der Waals surface area (Å²) >= 11 is 3.82. The topological polar surface area (TPSA) is 0 Å². The molecule has 50 heavy (non-hydrogen) atoms. The van der Waals surface area contributed by atoms with E-state index < -0.39 is 0 Å². The van der Waals surface area contributed by atoms with Crippen molar-refractivity contribution in [1.82, 2.24) is 0 Å². The van der Waals surface area contributed by atoms with Crippen LogP contribution in [0.25, 0.3) is 69.2 Å². The zero-order valence-corrected chi connectivity index (χ0v) is 30.1. The van der Waals surface area contributed by atoms with Crippen molar-refractivity contribution in [3.63, 3.8) is 0 Å². The fourth-order valence-electron chi connectivity index (χ4n) is 7.65. The van der Waals surface area contributed by atoms with Gasteiger partial charge in [0.1, 0.15) is 0 Å². The average Bonchev–Trinajstić information content (AvgIpc) is 3.73. The Balaban J connectivity index is 1.09. The summed E-state index contributed by atoms with van der Waals surface area (Å²) in [6.07, 6.45) is 10.2. The highest BCUT2D eigenvalue weighted by atomic mass is 32.2. The van der Waals surface area contributed by atoms with Crippen molar-refractivity contribution >= 4 is 92.3 Å². The molecule has 2 heteroatoms. The highest BCUT2D eigenvalue weighted by Crippen LogP contribution is 2.45. The molecule has 0 aliphatic carbocycles. The quantitative estimate of drug-likeness (QED) is 0.129. The maximum atomic E-state index is 2.42. The minimum absolute atomic E-state index is 0.975. The van der Waals surface area contributed by atoms with Gasteiger partial charge in [-0.2, -0.15) is 0 Å². The Hall–Kier alpha value is -5.15. The monoisotopic (exact) mass is 676 g/mol. The standard InChI is InChI=1S/C48H36S2/c1-30(33-13-5-4-6-14-33)21-22-31(2)47-39-16-7-9-18-41(39)48(42-19-10-8-17-40(42)47)32(3)23-24-37-26-36-25-34-27-43-38-15-11-12-20-44(38)50-46(43)29-35(34)28-45(36)49-37/h4-25,27-29H,26H2,1-3H3/b30-21+,31-22+,32-23+,37-24+. The lowest BCUT2D eigenvalue weighted by atomic mass is 9.86. The van der Waals surface area contributed by atoms with Gasteiger partial charge in [0.15, 0.2) is 0 Å². The predicted molar refractivity (Wildman–Crippen MR) is 223 cm³/mol. The van der Waals surface area contributed by atoms with Crippen molar-refractivity contribution in [1.29, 1.82) is 0 Å². The van der Waals surface area contributed by atoms with E-state index in [0.29, 0.717) is 0 Å². The van der Waals surface area contributed by atoms with E-state index in [1.54, 1.807) is 0 Å². The van der Waals surface area contributed by atoms with Crippen LogP contribution in [0.2, 0.25) is 0 Å². The van der Waals surface area contributed by atoms with Gasteiger partial charge in [-0.25, -0.2) is 0 Å². The zero-order chi connectivity index (χ0) is 33.8. The molecule has 7 aromatic carbocycles. The van der Waals surface area contributed by atoms with Crippen LogP contribution >= 0.6 is 23.1 Å². The van der Waals surface area contributed by atoms with Crippen LogP contribution in [0.4, 0.5) is 0 Å². The van der Waals surface area contributed by atoms with Crippen molar-refractivity contribution in [3.8, 4) is 0 Å². The van der Waals surface area contributed by atoms with Gasteiger partial charge in [0.25, 0.3) is 0 Å². The summed E-state index contributed by atoms with van der Waals surface area (Å²) in [4.78, 5) is 2.78. The molecule has 0 spiro atoms. The maximum Gasteiger partial charge on any atom is 0.0361 e. The van der Waals surface area contributed by atoms with Crippen LogP contribution in [0, 0.1) is 0 Å². The molecule has 240 valence electrons. The lowest BCUT2D eigenvalue weighted by molar-refractivity contribution is 1.22. The van der Waals surface area contributed by atoms with Crippen molar-refractivity contribution in [3.05, 3.63) is 179 Å². The highest BCUT2D eigenvalue weighted by molar-refractivity contribution is 8.03. The van der Waals surface area contributed by atoms with Gasteiger partial charge in [-0.05, 0) is 127 Å². The first kappa shape index (κ1) is 30.9. The number of hydrogen-bond donors (Lipinski definition) is 0. The molecular weight excluding hydrogens is 641 g/mol. The van der Waals surface area contributed by atoms with E-state index in [-0.39, 0.29) is 0 Å². The smallest absolute Gasteiger partial charge is 0.0361 e. The van der Waals surface area contributed by atoms with E-state index >= 15 is 0 Å². The van der Waals surface area contributed by atoms with Crippen LogP contribution in [0.3, 0.4) is 0 Å². The van der Waals surface area contributed by atoms with Gasteiger partial charge in [0, 0.05) is 31.5 Å². The summed E-state index contributed by atoms with van der Waals surface area (Å²) in [5, 5.41) is 10.6. The molecule has 9 rings (SSSR count). The lowest BCUT2D eigenvalue weighted by Crippen LogP contribution is -1.93. The Kier molecular flexibility index (Phi) is 7.80. The molecule has 0 bridgehead atoms. The molecule has 0 saturated carbocycles. The molecule has 2 heterocycles. The number of allylic oxidation sites excluding steroid dienone is 8. The Bertz CT molecular complexity index is 2710. The molecule has 0 saturated heterocycles. The summed E-state index contributed by atoms with van der Waals surface area (Å²) in [6, 6.07) is 46.9. The van der Waals surface area contributed by atoms with Crippen molar-refractivity contribution < 1.29 is 0 Å². The van der Waals surface area contributed by atoms with Crippen LogP contribution in [-0.2, 0) is 6.42 Å². The molecule has 0 N–H and O–H groups in total. The molecule has 0 amide bonds. The summed E-state index contributed by atoms with van der Waals surface area (Å²) in [6.45, 7) is 6.71. The Morgan fingerprint density at radius 3 is 1.74 bits per heavy atom. The second-order valence-corrected chi connectivity index (χ2v) is 15.7. The van der Waals surface area contributed by atoms with Crippen molar-refractivity contribution in [2.24, 2.45) is 0 Å². The molecular formula is C48H36S2. The van der Waals surface area contributed by atoms with Gasteiger partial charge in [0.2, 0.25) is 0 Å². The van der Waals surface area contributed by atoms with Crippen LogP contribution in [0.5, 0.6) is 0 Å². The predicted octanol–water partition coefficient (Wildman–Crippen LogP) is 14.7. The molecule has 0 atom stereocenters. The number of rotatable bonds is 5. The molecule has 8 aromatic rings. The summed E-state index contributed by atoms with van der Waals surface area (Å²) < 4.78 is 2.73. The number of benzene rings is 7. The average molecular weight is 677 g/mol. The fourth-order valence-corrected chi connectivity index (χ4v) is 9.88. The maximum absolute atomic E-state index is 2.42. The summed E-state index contributed by atoms with van der Waals surface area (Å²) in [7, 11) is 0. The first-order valence-electron chi connectivity index (χ1n) is 17.3. The third kappa shape index (κ3) is 5.40. The molecule has 0 fully saturated rings. The van der Waals surface area contributed by atoms with E-state index in [4.69, 9.17) is 0 Å². The minimum atomic E-state index is 0.975. The largest absolute Gasteiger partial charge is 0.135 e. The van der Waals surface area contributed by atoms with Crippen LogP contribution < -0.4 is 0 Å². The fraction of sp³-hybridized carbons (Fsp3) is 0.0833. The van der Waals surface area contributed by atoms with Crippen molar-refractivity contribution in [2.75, 3.05) is 0 Å². The van der Waals surface area contributed by atoms with Gasteiger partial charge in [-0.1, -0.05) is 133 Å².